The van der Waals surface area contributed by atoms with E-state index >= 15 is 8.96 Å². The predicted molar refractivity (Wildman–Crippen MR) is 363 cm³/mol. The van der Waals surface area contributed by atoms with Crippen LogP contribution in [0.1, 0.15) is 77.3 Å². The number of halogens is 1. The van der Waals surface area contributed by atoms with Crippen LogP contribution in [-0.2, 0) is 109 Å². The first kappa shape index (κ1) is 82.1. The van der Waals surface area contributed by atoms with Gasteiger partial charge in [0.05, 0.1) is 104 Å². The van der Waals surface area contributed by atoms with Crippen molar-refractivity contribution in [1.29, 1.82) is 0 Å². The van der Waals surface area contributed by atoms with Gasteiger partial charge in [0, 0.05) is 69.3 Å². The Hall–Kier alpha value is -6.56. The molecule has 11 atom stereocenters. The number of carbonyl (C=O) groups is 6. The number of H-pyrrole nitrogens is 1. The zero-order valence-electron chi connectivity index (χ0n) is 57.3. The lowest BCUT2D eigenvalue weighted by atomic mass is 9.92. The van der Waals surface area contributed by atoms with Crippen molar-refractivity contribution in [2.75, 3.05) is 143 Å². The van der Waals surface area contributed by atoms with Crippen molar-refractivity contribution in [3.8, 4) is 0 Å². The smallest absolute Gasteiger partial charge is 0.382 e. The highest BCUT2D eigenvalue weighted by molar-refractivity contribution is 8.54. The van der Waals surface area contributed by atoms with Gasteiger partial charge in [-0.25, -0.2) is 38.4 Å². The van der Waals surface area contributed by atoms with E-state index in [4.69, 9.17) is 76.9 Å². The number of Topliss-reactive ketones (excluding diaryl/α,β-unsaturated/α-hetero) is 3. The topological polar surface area (TPSA) is 481 Å². The molecule has 0 saturated carbocycles. The van der Waals surface area contributed by atoms with Crippen LogP contribution in [0, 0.1) is 11.8 Å². The van der Waals surface area contributed by atoms with E-state index in [1.807, 2.05) is 0 Å². The number of aromatic nitrogens is 8. The summed E-state index contributed by atoms with van der Waals surface area (Å²) in [6.45, 7) is 2.52. The summed E-state index contributed by atoms with van der Waals surface area (Å²) in [5.41, 5.74) is 12.1. The molecule has 3 aliphatic rings. The highest BCUT2D eigenvalue weighted by Gasteiger charge is 2.53. The molecule has 103 heavy (non-hydrogen) atoms. The molecule has 9 N–H and O–H groups in total. The molecule has 570 valence electrons. The van der Waals surface area contributed by atoms with Gasteiger partial charge in [-0.15, -0.1) is 0 Å². The van der Waals surface area contributed by atoms with Gasteiger partial charge in [-0.05, 0) is 47.8 Å². The Balaban J connectivity index is 0.694. The summed E-state index contributed by atoms with van der Waals surface area (Å²) in [4.78, 5) is 123. The molecule has 3 aliphatic heterocycles. The zero-order valence-corrected chi connectivity index (χ0v) is 59.9. The van der Waals surface area contributed by atoms with Gasteiger partial charge in [0.2, 0.25) is 17.7 Å². The molecule has 0 bridgehead atoms. The number of carbonyl (C=O) groups excluding carboxylic acids is 6. The van der Waals surface area contributed by atoms with Gasteiger partial charge in [-0.2, -0.15) is 0 Å². The van der Waals surface area contributed by atoms with Gasteiger partial charge in [0.15, 0.2) is 52.4 Å². The Morgan fingerprint density at radius 1 is 0.709 bits per heavy atom. The number of nitrogens with zero attached hydrogens (tertiary/aromatic N) is 7. The minimum atomic E-state index is -5.14. The van der Waals surface area contributed by atoms with Crippen LogP contribution in [0.2, 0.25) is 0 Å². The fourth-order valence-corrected chi connectivity index (χ4v) is 14.9. The van der Waals surface area contributed by atoms with Crippen molar-refractivity contribution in [3.63, 3.8) is 0 Å². The zero-order chi connectivity index (χ0) is 73.7. The summed E-state index contributed by atoms with van der Waals surface area (Å²) in [6, 6.07) is 5.55. The number of alkyl halides is 1. The molecule has 3 saturated heterocycles. The van der Waals surface area contributed by atoms with Crippen molar-refractivity contribution in [2.24, 2.45) is 17.6 Å². The third-order valence-electron chi connectivity index (χ3n) is 15.8. The lowest BCUT2D eigenvalue weighted by Crippen LogP contribution is -2.46. The molecule has 7 heterocycles. The fourth-order valence-electron chi connectivity index (χ4n) is 10.5. The summed E-state index contributed by atoms with van der Waals surface area (Å²) in [6.07, 6.45) is -4.51. The Morgan fingerprint density at radius 3 is 1.98 bits per heavy atom. The molecule has 0 aliphatic carbocycles. The summed E-state index contributed by atoms with van der Waals surface area (Å²) >= 11 is 0.749. The SMILES string of the molecule is CC(C)[C@H](NC(=O)COCCOCCCC(=O)COCCOCCNC(=O)COCCOCCCC(=O)COCCOCCN)C(=O)C[C@H](C)C(=O)Nc1ccc(CSP2(=O)OC[C@H]3O[C@@H](n4cnc5c(N)ncnc54)[C@H](F)[C@@H]3OP(=O)(O)OC[C@H]3O[C@@H](n4cnc5c(=O)[nH]cnc54)C[C@@H]3O2)cc1. The number of benzene rings is 1. The number of phosphoric acid groups is 1. The molecule has 1 aromatic carbocycles. The first-order chi connectivity index (χ1) is 49.6. The maximum atomic E-state index is 16.7. The van der Waals surface area contributed by atoms with E-state index < -0.39 is 100 Å². The number of ketones is 3. The van der Waals surface area contributed by atoms with E-state index in [9.17, 15) is 43.0 Å². The second-order valence-electron chi connectivity index (χ2n) is 24.1. The molecule has 0 spiro atoms. The van der Waals surface area contributed by atoms with E-state index in [1.54, 1.807) is 45.0 Å². The van der Waals surface area contributed by atoms with Gasteiger partial charge in [0.1, 0.15) is 68.9 Å². The first-order valence-corrected chi connectivity index (χ1v) is 38.1. The number of hydrogen-bond acceptors (Lipinski definition) is 31. The summed E-state index contributed by atoms with van der Waals surface area (Å²) in [7, 11) is -5.14. The number of phosphoric ester groups is 1. The average molecular weight is 1510 g/mol. The van der Waals surface area contributed by atoms with Crippen LogP contribution >= 0.6 is 26.0 Å². The minimum Gasteiger partial charge on any atom is -0.382 e. The van der Waals surface area contributed by atoms with E-state index in [2.05, 4.69) is 45.9 Å². The fraction of sp³-hybridized carbons (Fsp3) is 0.645. The molecular weight excluding hydrogens is 1420 g/mol. The summed E-state index contributed by atoms with van der Waals surface area (Å²) in [5, 5.41) is 8.18. The molecule has 2 unspecified atom stereocenters. The molecule has 4 aromatic heterocycles. The molecule has 37 nitrogen and oxygen atoms in total. The maximum Gasteiger partial charge on any atom is 0.472 e. The van der Waals surface area contributed by atoms with Crippen molar-refractivity contribution < 1.29 is 113 Å². The number of imidazole rings is 2. The Morgan fingerprint density at radius 2 is 1.31 bits per heavy atom. The molecule has 41 heteroatoms. The molecule has 8 rings (SSSR count). The summed E-state index contributed by atoms with van der Waals surface area (Å²) < 4.78 is 127. The second kappa shape index (κ2) is 42.0. The summed E-state index contributed by atoms with van der Waals surface area (Å²) in [5.74, 6) is -3.06. The molecule has 3 fully saturated rings. The Bertz CT molecular complexity index is 3710. The standard InChI is InChI=1S/C62H90FN13O24P2S/c1-39(2)53(74-50(81)33-94-25-19-88-15-5-7-44(78)29-92-23-21-90-17-13-66-49(80)32-93-24-18-87-14-4-6-43(77)28-91-22-20-89-16-12-64)45(79)26-40(3)60(82)73-42-10-8-41(9-11-42)34-103-102(86)96-31-48-56(52(63)62(98-48)76-38-71-54-57(65)67-35-68-58(54)76)100-101(84,85)95-30-47-46(99-102)27-51(97-47)75-37-72-55-59(75)69-36-70-61(55)83/h8-11,35-40,46-48,51-53,56,62H,4-7,12-34,64H2,1-3H3,(H,66,80)(H,73,82)(H,74,81)(H,84,85)(H2,65,67,68)(H,69,70,83)/t40-,46-,47+,48+,51+,52+,53-,56+,62+,102?/m0/s1. The number of fused-ring (bicyclic) bond motifs is 4. The molecular formula is C62H90FN13O24P2S. The van der Waals surface area contributed by atoms with Crippen LogP contribution in [0.15, 0.2) is 54.4 Å². The van der Waals surface area contributed by atoms with E-state index in [1.165, 1.54) is 28.1 Å². The third-order valence-corrected chi connectivity index (χ3v) is 20.5. The van der Waals surface area contributed by atoms with Crippen LogP contribution in [-0.4, -0.2) is 248 Å². The van der Waals surface area contributed by atoms with Gasteiger partial charge in [-0.3, -0.25) is 60.8 Å². The van der Waals surface area contributed by atoms with Crippen LogP contribution in [0.5, 0.6) is 0 Å². The Kier molecular flexibility index (Phi) is 33.4. The van der Waals surface area contributed by atoms with Crippen molar-refractivity contribution >= 4 is 94.9 Å². The van der Waals surface area contributed by atoms with Crippen LogP contribution in [0.3, 0.4) is 0 Å². The Labute approximate surface area is 595 Å². The number of amides is 3. The lowest BCUT2D eigenvalue weighted by Gasteiger charge is -2.28. The van der Waals surface area contributed by atoms with Gasteiger partial charge < -0.3 is 84.7 Å². The van der Waals surface area contributed by atoms with Crippen LogP contribution in [0.4, 0.5) is 15.9 Å². The molecule has 5 aromatic rings. The third kappa shape index (κ3) is 26.2. The lowest BCUT2D eigenvalue weighted by molar-refractivity contribution is -0.133. The number of nitrogens with two attached hydrogens (primary N) is 2. The number of ether oxygens (including phenoxy) is 10. The van der Waals surface area contributed by atoms with Crippen LogP contribution in [0.25, 0.3) is 22.3 Å². The number of rotatable bonds is 45. The number of aromatic amines is 1. The number of anilines is 2. The predicted octanol–water partition coefficient (Wildman–Crippen LogP) is 2.60. The van der Waals surface area contributed by atoms with E-state index in [0.29, 0.717) is 63.5 Å². The number of hydrogen-bond donors (Lipinski definition) is 7. The van der Waals surface area contributed by atoms with Gasteiger partial charge in [-0.1, -0.05) is 32.9 Å². The molecule has 3 amide bonds. The van der Waals surface area contributed by atoms with Crippen LogP contribution < -0.4 is 33.0 Å². The first-order valence-electron chi connectivity index (χ1n) is 33.5. The quantitative estimate of drug-likeness (QED) is 0.0217. The number of nitrogens with one attached hydrogen (secondary N) is 4. The monoisotopic (exact) mass is 1510 g/mol. The van der Waals surface area contributed by atoms with Crippen molar-refractivity contribution in [2.45, 2.75) is 114 Å². The van der Waals surface area contributed by atoms with E-state index in [-0.39, 0.29) is 168 Å². The van der Waals surface area contributed by atoms with Gasteiger partial charge >= 0.3 is 14.6 Å². The average Bonchev–Trinajstić information content (AvgIpc) is 1.62. The van der Waals surface area contributed by atoms with Crippen molar-refractivity contribution in [1.82, 2.24) is 49.7 Å². The largest absolute Gasteiger partial charge is 0.472 e. The van der Waals surface area contributed by atoms with E-state index in [0.717, 1.165) is 17.7 Å². The highest BCUT2D eigenvalue weighted by atomic mass is 32.7. The molecule has 0 radical (unpaired) electrons. The number of nitrogen functional groups attached to an aromatic ring is 1. The van der Waals surface area contributed by atoms with Crippen molar-refractivity contribution in [3.05, 3.63) is 65.5 Å². The second-order valence-corrected chi connectivity index (χ2v) is 29.6. The normalized spacial score (nSPS) is 22.8. The van der Waals surface area contributed by atoms with Gasteiger partial charge in [0.25, 0.3) is 5.56 Å². The maximum absolute atomic E-state index is 16.7. The highest BCUT2D eigenvalue weighted by Crippen LogP contribution is 2.65. The minimum absolute atomic E-state index is 0.00354.